The van der Waals surface area contributed by atoms with Gasteiger partial charge in [0.2, 0.25) is 5.91 Å². The molecule has 3 N–H and O–H groups in total. The van der Waals surface area contributed by atoms with Crippen molar-refractivity contribution in [3.05, 3.63) is 51.9 Å². The van der Waals surface area contributed by atoms with Crippen LogP contribution in [0.5, 0.6) is 0 Å². The number of nitrogens with zero attached hydrogens (tertiary/aromatic N) is 1. The van der Waals surface area contributed by atoms with Crippen LogP contribution in [0.4, 0.5) is 5.00 Å². The van der Waals surface area contributed by atoms with Crippen LogP contribution in [0.25, 0.3) is 0 Å². The molecule has 0 aliphatic rings. The lowest BCUT2D eigenvalue weighted by molar-refractivity contribution is -0.145. The number of rotatable bonds is 8. The van der Waals surface area contributed by atoms with E-state index in [1.807, 2.05) is 12.1 Å². The molecule has 0 saturated heterocycles. The number of thiophene rings is 1. The maximum Gasteiger partial charge on any atom is 0.348 e. The minimum Gasteiger partial charge on any atom is -0.462 e. The van der Waals surface area contributed by atoms with Gasteiger partial charge in [-0.05, 0) is 12.5 Å². The third-order valence-corrected chi connectivity index (χ3v) is 4.98. The van der Waals surface area contributed by atoms with E-state index in [9.17, 15) is 19.6 Å². The molecule has 2 rings (SSSR count). The minimum absolute atomic E-state index is 0.0901. The van der Waals surface area contributed by atoms with Crippen LogP contribution in [0.2, 0.25) is 0 Å². The van der Waals surface area contributed by atoms with Crippen molar-refractivity contribution < 1.29 is 23.9 Å². The first kappa shape index (κ1) is 21.9. The van der Waals surface area contributed by atoms with E-state index in [1.54, 1.807) is 31.2 Å². The molecule has 0 aliphatic heterocycles. The molecule has 1 amide bonds. The molecule has 0 bridgehead atoms. The summed E-state index contributed by atoms with van der Waals surface area (Å²) < 4.78 is 10.3. The van der Waals surface area contributed by atoms with Crippen molar-refractivity contribution in [1.82, 2.24) is 5.32 Å². The van der Waals surface area contributed by atoms with E-state index in [-0.39, 0.29) is 46.5 Å². The van der Waals surface area contributed by atoms with Crippen LogP contribution in [-0.2, 0) is 25.7 Å². The van der Waals surface area contributed by atoms with E-state index in [1.165, 1.54) is 6.92 Å². The van der Waals surface area contributed by atoms with Gasteiger partial charge in [-0.15, -0.1) is 11.3 Å². The molecule has 0 saturated carbocycles. The molecule has 1 heterocycles. The molecule has 1 aromatic heterocycles. The van der Waals surface area contributed by atoms with E-state index < -0.39 is 18.0 Å². The molecule has 152 valence electrons. The Balaban J connectivity index is 2.14. The summed E-state index contributed by atoms with van der Waals surface area (Å²) >= 11 is 0.917. The summed E-state index contributed by atoms with van der Waals surface area (Å²) in [6, 6.07) is 10.4. The molecule has 2 aromatic rings. The van der Waals surface area contributed by atoms with Gasteiger partial charge in [0.05, 0.1) is 24.6 Å². The van der Waals surface area contributed by atoms with Crippen molar-refractivity contribution in [2.24, 2.45) is 0 Å². The number of nitrogen functional groups attached to an aromatic ring is 1. The molecule has 29 heavy (non-hydrogen) atoms. The van der Waals surface area contributed by atoms with Gasteiger partial charge in [0.25, 0.3) is 0 Å². The van der Waals surface area contributed by atoms with Gasteiger partial charge in [-0.2, -0.15) is 5.26 Å². The van der Waals surface area contributed by atoms with Gasteiger partial charge in [-0.1, -0.05) is 30.3 Å². The maximum absolute atomic E-state index is 12.4. The number of ether oxygens (including phenoxy) is 2. The van der Waals surface area contributed by atoms with Gasteiger partial charge in [-0.3, -0.25) is 9.59 Å². The highest BCUT2D eigenvalue weighted by Gasteiger charge is 2.25. The van der Waals surface area contributed by atoms with E-state index in [4.69, 9.17) is 15.2 Å². The summed E-state index contributed by atoms with van der Waals surface area (Å²) in [5.74, 6) is -1.51. The van der Waals surface area contributed by atoms with Gasteiger partial charge in [-0.25, -0.2) is 4.79 Å². The lowest BCUT2D eigenvalue weighted by Gasteiger charge is -2.17. The number of nitrogens with two attached hydrogens (primary N) is 1. The zero-order chi connectivity index (χ0) is 21.4. The maximum atomic E-state index is 12.4. The number of carbonyl (C=O) groups excluding carboxylic acids is 3. The van der Waals surface area contributed by atoms with Crippen LogP contribution in [0.1, 0.15) is 52.7 Å². The second-order valence-electron chi connectivity index (χ2n) is 6.01. The molecular formula is C20H21N3O5S. The number of benzene rings is 1. The number of anilines is 1. The first-order valence-corrected chi connectivity index (χ1v) is 9.65. The van der Waals surface area contributed by atoms with Crippen LogP contribution in [-0.4, -0.2) is 24.5 Å². The number of hydrogen-bond acceptors (Lipinski definition) is 8. The normalized spacial score (nSPS) is 11.2. The highest BCUT2D eigenvalue weighted by atomic mass is 32.1. The largest absolute Gasteiger partial charge is 0.462 e. The highest BCUT2D eigenvalue weighted by molar-refractivity contribution is 7.18. The number of hydrogen-bond donors (Lipinski definition) is 2. The molecular weight excluding hydrogens is 394 g/mol. The fourth-order valence-electron chi connectivity index (χ4n) is 2.67. The Kier molecular flexibility index (Phi) is 7.74. The molecule has 8 nitrogen and oxygen atoms in total. The Morgan fingerprint density at radius 2 is 1.93 bits per heavy atom. The van der Waals surface area contributed by atoms with Crippen molar-refractivity contribution in [3.63, 3.8) is 0 Å². The van der Waals surface area contributed by atoms with E-state index in [0.717, 1.165) is 16.9 Å². The average Bonchev–Trinajstić information content (AvgIpc) is 3.01. The fourth-order valence-corrected chi connectivity index (χ4v) is 3.59. The molecule has 0 fully saturated rings. The summed E-state index contributed by atoms with van der Waals surface area (Å²) in [5.41, 5.74) is 6.87. The van der Waals surface area contributed by atoms with Gasteiger partial charge in [0.1, 0.15) is 22.6 Å². The zero-order valence-corrected chi connectivity index (χ0v) is 16.9. The first-order valence-electron chi connectivity index (χ1n) is 8.83. The van der Waals surface area contributed by atoms with Gasteiger partial charge in [0, 0.05) is 12.5 Å². The SMILES string of the molecule is CCOC(=O)c1sc(N)c(C#N)c1COC(=O)C[C@@H](NC(C)=O)c1ccccc1. The van der Waals surface area contributed by atoms with Crippen LogP contribution < -0.4 is 11.1 Å². The molecule has 1 aromatic carbocycles. The lowest BCUT2D eigenvalue weighted by atomic mass is 10.0. The Morgan fingerprint density at radius 1 is 1.24 bits per heavy atom. The predicted molar refractivity (Wildman–Crippen MR) is 107 cm³/mol. The summed E-state index contributed by atoms with van der Waals surface area (Å²) in [5, 5.41) is 12.2. The standard InChI is InChI=1S/C20H21N3O5S/c1-3-27-20(26)18-15(14(10-21)19(22)29-18)11-28-17(25)9-16(23-12(2)24)13-7-5-4-6-8-13/h4-8,16H,3,9,11,22H2,1-2H3,(H,23,24)/t16-/m1/s1. The minimum atomic E-state index is -0.628. The van der Waals surface area contributed by atoms with Crippen molar-refractivity contribution >= 4 is 34.2 Å². The number of nitriles is 1. The molecule has 1 atom stereocenters. The number of esters is 2. The van der Waals surface area contributed by atoms with Crippen molar-refractivity contribution in [2.45, 2.75) is 32.9 Å². The second kappa shape index (κ2) is 10.2. The van der Waals surface area contributed by atoms with Crippen molar-refractivity contribution in [1.29, 1.82) is 5.26 Å². The average molecular weight is 415 g/mol. The van der Waals surface area contributed by atoms with Gasteiger partial charge in [0.15, 0.2) is 0 Å². The summed E-state index contributed by atoms with van der Waals surface area (Å²) in [6.45, 7) is 2.88. The van der Waals surface area contributed by atoms with E-state index in [2.05, 4.69) is 5.32 Å². The molecule has 0 unspecified atom stereocenters. The molecule has 0 aliphatic carbocycles. The summed E-state index contributed by atoms with van der Waals surface area (Å²) in [7, 11) is 0. The van der Waals surface area contributed by atoms with Gasteiger partial charge >= 0.3 is 11.9 Å². The monoisotopic (exact) mass is 415 g/mol. The highest BCUT2D eigenvalue weighted by Crippen LogP contribution is 2.32. The van der Waals surface area contributed by atoms with Crippen LogP contribution in [0, 0.1) is 11.3 Å². The van der Waals surface area contributed by atoms with Crippen molar-refractivity contribution in [3.8, 4) is 6.07 Å². The third kappa shape index (κ3) is 5.80. The number of nitrogens with one attached hydrogen (secondary N) is 1. The van der Waals surface area contributed by atoms with Crippen LogP contribution in [0.3, 0.4) is 0 Å². The second-order valence-corrected chi connectivity index (χ2v) is 7.06. The van der Waals surface area contributed by atoms with Crippen molar-refractivity contribution in [2.75, 3.05) is 12.3 Å². The summed E-state index contributed by atoms with van der Waals surface area (Å²) in [4.78, 5) is 36.1. The first-order chi connectivity index (χ1) is 13.9. The zero-order valence-electron chi connectivity index (χ0n) is 16.1. The molecule has 0 spiro atoms. The Labute approximate surface area is 172 Å². The molecule has 0 radical (unpaired) electrons. The third-order valence-electron chi connectivity index (χ3n) is 3.93. The number of carbonyl (C=O) groups is 3. The quantitative estimate of drug-likeness (QED) is 0.634. The lowest BCUT2D eigenvalue weighted by Crippen LogP contribution is -2.28. The predicted octanol–water partition coefficient (Wildman–Crippen LogP) is 2.69. The topological polar surface area (TPSA) is 132 Å². The van der Waals surface area contributed by atoms with E-state index in [0.29, 0.717) is 0 Å². The number of amides is 1. The fraction of sp³-hybridized carbons (Fsp3) is 0.300. The Bertz CT molecular complexity index is 934. The Hall–Kier alpha value is -3.38. The Morgan fingerprint density at radius 3 is 2.52 bits per heavy atom. The smallest absolute Gasteiger partial charge is 0.348 e. The summed E-state index contributed by atoms with van der Waals surface area (Å²) in [6.07, 6.45) is -0.111. The van der Waals surface area contributed by atoms with E-state index >= 15 is 0 Å². The van der Waals surface area contributed by atoms with Crippen LogP contribution in [0.15, 0.2) is 30.3 Å². The molecule has 9 heteroatoms. The van der Waals surface area contributed by atoms with Gasteiger partial charge < -0.3 is 20.5 Å². The van der Waals surface area contributed by atoms with Crippen LogP contribution >= 0.6 is 11.3 Å².